The lowest BCUT2D eigenvalue weighted by molar-refractivity contribution is 0.0657. The summed E-state index contributed by atoms with van der Waals surface area (Å²) in [6, 6.07) is 8.49. The maximum atomic E-state index is 12.9. The van der Waals surface area contributed by atoms with Crippen molar-refractivity contribution in [2.45, 2.75) is 30.7 Å². The fourth-order valence-corrected chi connectivity index (χ4v) is 4.70. The predicted molar refractivity (Wildman–Crippen MR) is 91.6 cm³/mol. The van der Waals surface area contributed by atoms with Crippen molar-refractivity contribution in [2.75, 3.05) is 12.8 Å². The summed E-state index contributed by atoms with van der Waals surface area (Å²) >= 11 is 1.74. The molecule has 0 radical (unpaired) electrons. The molecule has 2 aromatic rings. The molecule has 0 N–H and O–H groups in total. The molecule has 2 heterocycles. The van der Waals surface area contributed by atoms with Gasteiger partial charge in [0.05, 0.1) is 10.9 Å². The van der Waals surface area contributed by atoms with E-state index in [1.165, 1.54) is 22.6 Å². The van der Waals surface area contributed by atoms with Gasteiger partial charge in [-0.05, 0) is 48.1 Å². The normalized spacial score (nSPS) is 17.8. The van der Waals surface area contributed by atoms with E-state index in [0.29, 0.717) is 12.1 Å². The number of rotatable bonds is 3. The Morgan fingerprint density at radius 1 is 1.35 bits per heavy atom. The van der Waals surface area contributed by atoms with Crippen LogP contribution in [-0.4, -0.2) is 32.0 Å². The van der Waals surface area contributed by atoms with Crippen LogP contribution in [0.3, 0.4) is 0 Å². The second kappa shape index (κ2) is 6.09. The van der Waals surface area contributed by atoms with Gasteiger partial charge in [-0.2, -0.15) is 0 Å². The van der Waals surface area contributed by atoms with E-state index < -0.39 is 9.84 Å². The van der Waals surface area contributed by atoms with Crippen molar-refractivity contribution >= 4 is 27.1 Å². The average molecular weight is 349 g/mol. The first-order chi connectivity index (χ1) is 10.9. The Morgan fingerprint density at radius 2 is 2.13 bits per heavy atom. The lowest BCUT2D eigenvalue weighted by Crippen LogP contribution is -2.39. The Hall–Kier alpha value is -1.66. The molecular weight excluding hydrogens is 330 g/mol. The van der Waals surface area contributed by atoms with Gasteiger partial charge in [0.1, 0.15) is 0 Å². The summed E-state index contributed by atoms with van der Waals surface area (Å²) < 4.78 is 23.4. The number of benzene rings is 1. The van der Waals surface area contributed by atoms with E-state index in [2.05, 4.69) is 18.4 Å². The topological polar surface area (TPSA) is 54.5 Å². The van der Waals surface area contributed by atoms with E-state index in [1.807, 2.05) is 4.90 Å². The third-order valence-corrected chi connectivity index (χ3v) is 6.36. The molecule has 0 unspecified atom stereocenters. The highest BCUT2D eigenvalue weighted by atomic mass is 32.2. The zero-order chi connectivity index (χ0) is 16.6. The van der Waals surface area contributed by atoms with Gasteiger partial charge in [0.25, 0.3) is 5.91 Å². The van der Waals surface area contributed by atoms with Crippen molar-refractivity contribution in [3.05, 3.63) is 51.7 Å². The van der Waals surface area contributed by atoms with Gasteiger partial charge in [0.15, 0.2) is 9.84 Å². The molecule has 0 spiro atoms. The Morgan fingerprint density at radius 3 is 2.83 bits per heavy atom. The van der Waals surface area contributed by atoms with Crippen molar-refractivity contribution in [1.82, 2.24) is 4.90 Å². The minimum atomic E-state index is -3.32. The van der Waals surface area contributed by atoms with Crippen LogP contribution in [0.1, 0.15) is 40.2 Å². The number of hydrogen-bond acceptors (Lipinski definition) is 4. The Kier molecular flexibility index (Phi) is 4.29. The number of thiophene rings is 1. The van der Waals surface area contributed by atoms with Gasteiger partial charge in [0, 0.05) is 23.2 Å². The minimum absolute atomic E-state index is 0.0689. The fraction of sp³-hybridized carbons (Fsp3) is 0.353. The second-order valence-electron chi connectivity index (χ2n) is 5.77. The maximum Gasteiger partial charge on any atom is 0.254 e. The molecule has 1 aliphatic rings. The van der Waals surface area contributed by atoms with E-state index in [4.69, 9.17) is 0 Å². The van der Waals surface area contributed by atoms with Crippen molar-refractivity contribution in [3.63, 3.8) is 0 Å². The highest BCUT2D eigenvalue weighted by Crippen LogP contribution is 2.36. The van der Waals surface area contributed by atoms with Crippen LogP contribution >= 0.6 is 11.3 Å². The zero-order valence-electron chi connectivity index (χ0n) is 13.2. The summed E-state index contributed by atoms with van der Waals surface area (Å²) in [5.74, 6) is -0.0980. The summed E-state index contributed by atoms with van der Waals surface area (Å²) in [6.07, 6.45) is 2.87. The molecule has 0 saturated carbocycles. The summed E-state index contributed by atoms with van der Waals surface area (Å²) in [4.78, 5) is 16.3. The molecule has 0 bridgehead atoms. The summed E-state index contributed by atoms with van der Waals surface area (Å²) in [6.45, 7) is 2.75. The number of nitrogens with zero attached hydrogens (tertiary/aromatic N) is 1. The van der Waals surface area contributed by atoms with Gasteiger partial charge in [-0.25, -0.2) is 8.42 Å². The van der Waals surface area contributed by atoms with E-state index in [1.54, 1.807) is 23.5 Å². The van der Waals surface area contributed by atoms with Gasteiger partial charge < -0.3 is 4.90 Å². The minimum Gasteiger partial charge on any atom is -0.331 e. The molecule has 4 nitrogen and oxygen atoms in total. The lowest BCUT2D eigenvalue weighted by Gasteiger charge is -2.35. The molecule has 0 fully saturated rings. The van der Waals surface area contributed by atoms with E-state index in [0.717, 1.165) is 19.1 Å². The molecule has 3 rings (SSSR count). The van der Waals surface area contributed by atoms with Crippen molar-refractivity contribution in [2.24, 2.45) is 0 Å². The van der Waals surface area contributed by atoms with Crippen LogP contribution in [0, 0.1) is 0 Å². The maximum absolute atomic E-state index is 12.9. The monoisotopic (exact) mass is 349 g/mol. The lowest BCUT2D eigenvalue weighted by atomic mass is 9.97. The molecule has 1 amide bonds. The molecule has 1 atom stereocenters. The van der Waals surface area contributed by atoms with Crippen LogP contribution < -0.4 is 0 Å². The SMILES string of the molecule is CC[C@@H]1c2ccsc2CCN1C(=O)c1cccc(S(C)(=O)=O)c1. The zero-order valence-corrected chi connectivity index (χ0v) is 14.8. The van der Waals surface area contributed by atoms with Crippen molar-refractivity contribution in [3.8, 4) is 0 Å². The second-order valence-corrected chi connectivity index (χ2v) is 8.79. The van der Waals surface area contributed by atoms with E-state index in [9.17, 15) is 13.2 Å². The molecule has 122 valence electrons. The third-order valence-electron chi connectivity index (χ3n) is 4.25. The van der Waals surface area contributed by atoms with Crippen LogP contribution in [0.15, 0.2) is 40.6 Å². The van der Waals surface area contributed by atoms with Gasteiger partial charge in [0.2, 0.25) is 0 Å². The quantitative estimate of drug-likeness (QED) is 0.854. The molecule has 0 saturated heterocycles. The van der Waals surface area contributed by atoms with Crippen LogP contribution in [0.25, 0.3) is 0 Å². The van der Waals surface area contributed by atoms with Crippen LogP contribution in [0.4, 0.5) is 0 Å². The number of hydrogen-bond donors (Lipinski definition) is 0. The van der Waals surface area contributed by atoms with Crippen LogP contribution in [0.2, 0.25) is 0 Å². The molecule has 23 heavy (non-hydrogen) atoms. The van der Waals surface area contributed by atoms with Gasteiger partial charge in [-0.3, -0.25) is 4.79 Å². The fourth-order valence-electron chi connectivity index (χ4n) is 3.11. The van der Waals surface area contributed by atoms with Crippen molar-refractivity contribution < 1.29 is 13.2 Å². The highest BCUT2D eigenvalue weighted by molar-refractivity contribution is 7.90. The standard InChI is InChI=1S/C17H19NO3S2/c1-3-15-14-8-10-22-16(14)7-9-18(15)17(19)12-5-4-6-13(11-12)23(2,20)21/h4-6,8,10-11,15H,3,7,9H2,1-2H3/t15-/m1/s1. The smallest absolute Gasteiger partial charge is 0.254 e. The van der Waals surface area contributed by atoms with Crippen LogP contribution in [0.5, 0.6) is 0 Å². The first-order valence-corrected chi connectivity index (χ1v) is 10.4. The molecule has 0 aliphatic carbocycles. The van der Waals surface area contributed by atoms with Gasteiger partial charge in [-0.1, -0.05) is 13.0 Å². The molecule has 1 aromatic carbocycles. The average Bonchev–Trinajstić information content (AvgIpc) is 3.01. The molecule has 1 aliphatic heterocycles. The Balaban J connectivity index is 1.95. The number of carbonyl (C=O) groups is 1. The summed E-state index contributed by atoms with van der Waals surface area (Å²) in [7, 11) is -3.32. The van der Waals surface area contributed by atoms with Gasteiger partial charge in [-0.15, -0.1) is 11.3 Å². The first kappa shape index (κ1) is 16.2. The number of sulfone groups is 1. The third kappa shape index (κ3) is 3.05. The Bertz CT molecular complexity index is 839. The van der Waals surface area contributed by atoms with Crippen molar-refractivity contribution in [1.29, 1.82) is 0 Å². The summed E-state index contributed by atoms with van der Waals surface area (Å²) in [5, 5.41) is 2.07. The van der Waals surface area contributed by atoms with Crippen LogP contribution in [-0.2, 0) is 16.3 Å². The predicted octanol–water partition coefficient (Wildman–Crippen LogP) is 3.30. The van der Waals surface area contributed by atoms with Gasteiger partial charge >= 0.3 is 0 Å². The largest absolute Gasteiger partial charge is 0.331 e. The number of amides is 1. The van der Waals surface area contributed by atoms with E-state index >= 15 is 0 Å². The summed E-state index contributed by atoms with van der Waals surface area (Å²) in [5.41, 5.74) is 1.67. The number of fused-ring (bicyclic) bond motifs is 1. The Labute approximate surface area is 140 Å². The highest BCUT2D eigenvalue weighted by Gasteiger charge is 2.31. The van der Waals surface area contributed by atoms with E-state index in [-0.39, 0.29) is 16.8 Å². The molecular formula is C17H19NO3S2. The number of carbonyl (C=O) groups excluding carboxylic acids is 1. The molecule has 6 heteroatoms. The molecule has 1 aromatic heterocycles. The first-order valence-electron chi connectivity index (χ1n) is 7.59.